The quantitative estimate of drug-likeness (QED) is 0.0273. The van der Waals surface area contributed by atoms with Crippen LogP contribution in [0.2, 0.25) is 0 Å². The van der Waals surface area contributed by atoms with Crippen molar-refractivity contribution in [1.82, 2.24) is 0 Å². The van der Waals surface area contributed by atoms with Gasteiger partial charge in [-0.1, -0.05) is 164 Å². The lowest BCUT2D eigenvalue weighted by Gasteiger charge is -2.34. The number of allylic oxidation sites excluding steroid dienone is 10. The van der Waals surface area contributed by atoms with Gasteiger partial charge in [-0.15, -0.1) is 0 Å². The number of hydrogen-bond acceptors (Lipinski definition) is 7. The first-order chi connectivity index (χ1) is 25.6. The summed E-state index contributed by atoms with van der Waals surface area (Å²) in [5.74, 6) is -1.79. The van der Waals surface area contributed by atoms with Crippen LogP contribution in [0, 0.1) is 0 Å². The fourth-order valence-electron chi connectivity index (χ4n) is 5.80. The van der Waals surface area contributed by atoms with Crippen LogP contribution in [0.25, 0.3) is 0 Å². The van der Waals surface area contributed by atoms with Gasteiger partial charge in [0.2, 0.25) is 0 Å². The molecule has 53 heavy (non-hydrogen) atoms. The predicted octanol–water partition coefficient (Wildman–Crippen LogP) is 9.69. The molecule has 0 amide bonds. The van der Waals surface area contributed by atoms with E-state index in [0.717, 1.165) is 44.9 Å². The van der Waals surface area contributed by atoms with Gasteiger partial charge in [0.05, 0.1) is 40.3 Å². The van der Waals surface area contributed by atoms with Crippen LogP contribution in [0.1, 0.15) is 155 Å². The zero-order chi connectivity index (χ0) is 39.3. The van der Waals surface area contributed by atoms with Gasteiger partial charge in [-0.2, -0.15) is 0 Å². The van der Waals surface area contributed by atoms with Crippen molar-refractivity contribution in [3.05, 3.63) is 60.8 Å². The molecular formula is C45H77NO7. The van der Waals surface area contributed by atoms with E-state index in [2.05, 4.69) is 26.0 Å². The second-order valence-corrected chi connectivity index (χ2v) is 15.0. The molecular weight excluding hydrogens is 666 g/mol. The van der Waals surface area contributed by atoms with Crippen molar-refractivity contribution in [2.45, 2.75) is 167 Å². The zero-order valence-electron chi connectivity index (χ0n) is 34.4. The lowest BCUT2D eigenvalue weighted by atomic mass is 10.0. The number of nitrogens with zero attached hydrogens (tertiary/aromatic N) is 1. The summed E-state index contributed by atoms with van der Waals surface area (Å²) in [5, 5.41) is 11.6. The van der Waals surface area contributed by atoms with Gasteiger partial charge >= 0.3 is 11.9 Å². The highest BCUT2D eigenvalue weighted by Gasteiger charge is 2.25. The van der Waals surface area contributed by atoms with Gasteiger partial charge in [0.15, 0.2) is 6.10 Å². The van der Waals surface area contributed by atoms with E-state index in [9.17, 15) is 19.5 Å². The Kier molecular flexibility index (Phi) is 34.0. The molecule has 2 unspecified atom stereocenters. The number of likely N-dealkylation sites (N-methyl/N-ethyl adjacent to an activating group) is 1. The lowest BCUT2D eigenvalue weighted by Crippen LogP contribution is -2.55. The number of carboxylic acid groups (broad SMARTS) is 1. The van der Waals surface area contributed by atoms with Crippen LogP contribution in [0.3, 0.4) is 0 Å². The topological polar surface area (TPSA) is 102 Å². The first-order valence-corrected chi connectivity index (χ1v) is 20.9. The number of ether oxygens (including phenoxy) is 3. The molecule has 0 fully saturated rings. The Morgan fingerprint density at radius 2 is 1.06 bits per heavy atom. The average molecular weight is 744 g/mol. The summed E-state index contributed by atoms with van der Waals surface area (Å²) in [4.78, 5) is 36.8. The van der Waals surface area contributed by atoms with Crippen molar-refractivity contribution in [3.8, 4) is 0 Å². The minimum Gasteiger partial charge on any atom is -0.544 e. The Balaban J connectivity index is 4.46. The van der Waals surface area contributed by atoms with Crippen molar-refractivity contribution < 1.29 is 38.2 Å². The summed E-state index contributed by atoms with van der Waals surface area (Å²) < 4.78 is 17.1. The molecule has 0 spiro atoms. The molecule has 0 saturated heterocycles. The smallest absolute Gasteiger partial charge is 0.306 e. The number of quaternary nitrogens is 1. The van der Waals surface area contributed by atoms with E-state index in [0.29, 0.717) is 12.8 Å². The SMILES string of the molecule is CC/C=C/C=C/C=C/C=C/C=C/CCCCCC(=O)OC(COCCC(C(=O)[O-])[N+](C)(C)C)COC(=O)CCCCCCCCCCCCCCCC. The summed E-state index contributed by atoms with van der Waals surface area (Å²) in [5.41, 5.74) is 0. The number of hydrogen-bond donors (Lipinski definition) is 0. The Labute approximate surface area is 324 Å². The van der Waals surface area contributed by atoms with Gasteiger partial charge in [-0.3, -0.25) is 9.59 Å². The molecule has 0 rings (SSSR count). The number of carboxylic acids is 1. The van der Waals surface area contributed by atoms with Crippen molar-refractivity contribution in [2.24, 2.45) is 0 Å². The number of carbonyl (C=O) groups is 3. The fraction of sp³-hybridized carbons (Fsp3) is 0.711. The van der Waals surface area contributed by atoms with Gasteiger partial charge < -0.3 is 28.6 Å². The molecule has 0 saturated carbocycles. The number of carbonyl (C=O) groups excluding carboxylic acids is 3. The first-order valence-electron chi connectivity index (χ1n) is 20.9. The Morgan fingerprint density at radius 1 is 0.585 bits per heavy atom. The van der Waals surface area contributed by atoms with E-state index in [1.807, 2.05) is 48.6 Å². The minimum atomic E-state index is -1.13. The van der Waals surface area contributed by atoms with Crippen LogP contribution in [0.4, 0.5) is 0 Å². The maximum atomic E-state index is 12.7. The Morgan fingerprint density at radius 3 is 1.57 bits per heavy atom. The third-order valence-electron chi connectivity index (χ3n) is 9.05. The average Bonchev–Trinajstić information content (AvgIpc) is 3.11. The Hall–Kier alpha value is -2.97. The lowest BCUT2D eigenvalue weighted by molar-refractivity contribution is -0.889. The van der Waals surface area contributed by atoms with Crippen LogP contribution >= 0.6 is 0 Å². The minimum absolute atomic E-state index is 0.0223. The van der Waals surface area contributed by atoms with Crippen molar-refractivity contribution in [2.75, 3.05) is 41.0 Å². The molecule has 304 valence electrons. The Bertz CT molecular complexity index is 1050. The van der Waals surface area contributed by atoms with E-state index in [1.165, 1.54) is 70.6 Å². The van der Waals surface area contributed by atoms with Gasteiger partial charge in [-0.25, -0.2) is 0 Å². The molecule has 0 bridgehead atoms. The predicted molar refractivity (Wildman–Crippen MR) is 217 cm³/mol. The molecule has 0 radical (unpaired) electrons. The van der Waals surface area contributed by atoms with E-state index in [1.54, 1.807) is 21.1 Å². The molecule has 0 aromatic carbocycles. The standard InChI is InChI=1S/C45H77NO7/c1-6-8-10-12-14-16-18-20-22-24-26-28-30-32-34-36-44(48)53-41(39-51-38-37-42(45(49)50)46(3,4)5)40-52-43(47)35-33-31-29-27-25-23-21-19-17-15-13-11-9-7-2/h8,10,12,14,16,18,20,22,24,26,41-42H,6-7,9,11,13,15,17,19,21,23,25,27-40H2,1-5H3/b10-8+,14-12+,18-16+,22-20+,26-24+. The second-order valence-electron chi connectivity index (χ2n) is 15.0. The number of esters is 2. The van der Waals surface area contributed by atoms with Crippen LogP contribution in [0.5, 0.6) is 0 Å². The summed E-state index contributed by atoms with van der Waals surface area (Å²) in [6.07, 6.45) is 42.4. The second kappa shape index (κ2) is 36.0. The number of aliphatic carboxylic acids is 1. The van der Waals surface area contributed by atoms with Gasteiger partial charge in [0.25, 0.3) is 0 Å². The van der Waals surface area contributed by atoms with Crippen molar-refractivity contribution in [1.29, 1.82) is 0 Å². The molecule has 8 heteroatoms. The van der Waals surface area contributed by atoms with Crippen molar-refractivity contribution in [3.63, 3.8) is 0 Å². The van der Waals surface area contributed by atoms with Crippen LogP contribution in [-0.2, 0) is 28.6 Å². The normalized spacial score (nSPS) is 13.6. The first kappa shape index (κ1) is 50.0. The van der Waals surface area contributed by atoms with Crippen LogP contribution < -0.4 is 5.11 Å². The molecule has 0 aliphatic carbocycles. The summed E-state index contributed by atoms with van der Waals surface area (Å²) >= 11 is 0. The van der Waals surface area contributed by atoms with Crippen LogP contribution in [-0.4, -0.2) is 75.5 Å². The van der Waals surface area contributed by atoms with Crippen molar-refractivity contribution >= 4 is 17.9 Å². The maximum Gasteiger partial charge on any atom is 0.306 e. The van der Waals surface area contributed by atoms with Gasteiger partial charge in [0.1, 0.15) is 12.6 Å². The highest BCUT2D eigenvalue weighted by molar-refractivity contribution is 5.70. The van der Waals surface area contributed by atoms with E-state index < -0.39 is 18.1 Å². The third-order valence-corrected chi connectivity index (χ3v) is 9.05. The monoisotopic (exact) mass is 744 g/mol. The largest absolute Gasteiger partial charge is 0.544 e. The van der Waals surface area contributed by atoms with Gasteiger partial charge in [-0.05, 0) is 32.1 Å². The summed E-state index contributed by atoms with van der Waals surface area (Å²) in [7, 11) is 5.38. The number of unbranched alkanes of at least 4 members (excludes halogenated alkanes) is 16. The summed E-state index contributed by atoms with van der Waals surface area (Å²) in [6.45, 7) is 4.46. The fourth-order valence-corrected chi connectivity index (χ4v) is 5.80. The van der Waals surface area contributed by atoms with Gasteiger partial charge in [0, 0.05) is 19.3 Å². The zero-order valence-corrected chi connectivity index (χ0v) is 34.4. The maximum absolute atomic E-state index is 12.7. The molecule has 0 heterocycles. The summed E-state index contributed by atoms with van der Waals surface area (Å²) in [6, 6.07) is -0.734. The van der Waals surface area contributed by atoms with E-state index in [4.69, 9.17) is 14.2 Å². The third kappa shape index (κ3) is 34.5. The number of rotatable bonds is 36. The molecule has 0 aliphatic rings. The van der Waals surface area contributed by atoms with E-state index in [-0.39, 0.29) is 49.1 Å². The molecule has 8 nitrogen and oxygen atoms in total. The molecule has 2 atom stereocenters. The molecule has 0 aromatic heterocycles. The molecule has 0 N–H and O–H groups in total. The van der Waals surface area contributed by atoms with Crippen LogP contribution in [0.15, 0.2) is 60.8 Å². The van der Waals surface area contributed by atoms with E-state index >= 15 is 0 Å². The molecule has 0 aromatic rings. The molecule has 0 aliphatic heterocycles. The highest BCUT2D eigenvalue weighted by atomic mass is 16.6. The highest BCUT2D eigenvalue weighted by Crippen LogP contribution is 2.14.